The second-order valence-corrected chi connectivity index (χ2v) is 4.44. The van der Waals surface area contributed by atoms with Gasteiger partial charge in [0.15, 0.2) is 0 Å². The van der Waals surface area contributed by atoms with Crippen LogP contribution in [0.25, 0.3) is 0 Å². The molecule has 0 atom stereocenters. The second kappa shape index (κ2) is 8.22. The van der Waals surface area contributed by atoms with Crippen LogP contribution in [0.3, 0.4) is 0 Å². The fraction of sp³-hybridized carbons (Fsp3) is 0.750. The molecular weight excluding hydrogens is 216 g/mol. The number of nitrogens with one attached hydrogen (secondary N) is 1. The maximum absolute atomic E-state index is 5.48. The summed E-state index contributed by atoms with van der Waals surface area (Å²) in [5, 5.41) is 7.49. The van der Waals surface area contributed by atoms with E-state index in [0.29, 0.717) is 0 Å². The van der Waals surface area contributed by atoms with Crippen LogP contribution in [0.15, 0.2) is 12.4 Å². The highest BCUT2D eigenvalue weighted by Gasteiger charge is 1.95. The largest absolute Gasteiger partial charge is 0.379 e. The van der Waals surface area contributed by atoms with Gasteiger partial charge in [0.05, 0.1) is 19.4 Å². The summed E-state index contributed by atoms with van der Waals surface area (Å²) < 4.78 is 7.31. The number of ether oxygens (including phenoxy) is 1. The van der Waals surface area contributed by atoms with Gasteiger partial charge in [0.1, 0.15) is 0 Å². The zero-order valence-corrected chi connectivity index (χ0v) is 11.1. The van der Waals surface area contributed by atoms with Gasteiger partial charge in [-0.05, 0) is 32.6 Å². The lowest BCUT2D eigenvalue weighted by molar-refractivity contribution is 0.119. The lowest BCUT2D eigenvalue weighted by atomic mass is 10.2. The normalized spacial score (nSPS) is 11.3. The molecule has 5 heteroatoms. The van der Waals surface area contributed by atoms with Crippen molar-refractivity contribution in [2.24, 2.45) is 7.05 Å². The van der Waals surface area contributed by atoms with E-state index in [1.54, 1.807) is 0 Å². The van der Waals surface area contributed by atoms with Crippen LogP contribution in [-0.4, -0.2) is 61.6 Å². The van der Waals surface area contributed by atoms with E-state index in [1.165, 1.54) is 5.56 Å². The van der Waals surface area contributed by atoms with E-state index in [2.05, 4.69) is 35.6 Å². The summed E-state index contributed by atoms with van der Waals surface area (Å²) in [6, 6.07) is 0. The van der Waals surface area contributed by atoms with E-state index in [-0.39, 0.29) is 0 Å². The molecule has 0 aliphatic heterocycles. The lowest BCUT2D eigenvalue weighted by Crippen LogP contribution is -2.24. The predicted molar refractivity (Wildman–Crippen MR) is 69.2 cm³/mol. The first-order valence-electron chi connectivity index (χ1n) is 6.09. The summed E-state index contributed by atoms with van der Waals surface area (Å²) in [5.41, 5.74) is 1.27. The summed E-state index contributed by atoms with van der Waals surface area (Å²) in [6.45, 7) is 4.45. The lowest BCUT2D eigenvalue weighted by Gasteiger charge is -2.10. The minimum absolute atomic E-state index is 0.779. The van der Waals surface area contributed by atoms with E-state index in [9.17, 15) is 0 Å². The van der Waals surface area contributed by atoms with Crippen molar-refractivity contribution < 1.29 is 4.74 Å². The van der Waals surface area contributed by atoms with Crippen LogP contribution in [0, 0.1) is 0 Å². The molecule has 0 bridgehead atoms. The Balaban J connectivity index is 1.88. The number of hydrogen-bond acceptors (Lipinski definition) is 4. The molecule has 0 aliphatic carbocycles. The minimum Gasteiger partial charge on any atom is -0.379 e. The highest BCUT2D eigenvalue weighted by atomic mass is 16.5. The van der Waals surface area contributed by atoms with Crippen LogP contribution in [0.4, 0.5) is 0 Å². The molecule has 5 nitrogen and oxygen atoms in total. The summed E-state index contributed by atoms with van der Waals surface area (Å²) in [4.78, 5) is 2.12. The molecule has 0 saturated heterocycles. The summed E-state index contributed by atoms with van der Waals surface area (Å²) in [7, 11) is 6.04. The smallest absolute Gasteiger partial charge is 0.0593 e. The van der Waals surface area contributed by atoms with Crippen molar-refractivity contribution >= 4 is 0 Å². The van der Waals surface area contributed by atoms with Crippen molar-refractivity contribution in [1.29, 1.82) is 0 Å². The molecule has 1 rings (SSSR count). The molecule has 0 spiro atoms. The Bertz CT molecular complexity index is 298. The average molecular weight is 240 g/mol. The van der Waals surface area contributed by atoms with Gasteiger partial charge in [-0.15, -0.1) is 0 Å². The first-order valence-corrected chi connectivity index (χ1v) is 6.09. The van der Waals surface area contributed by atoms with Crippen LogP contribution in [-0.2, 0) is 18.2 Å². The van der Waals surface area contributed by atoms with Crippen LogP contribution < -0.4 is 5.32 Å². The van der Waals surface area contributed by atoms with E-state index < -0.39 is 0 Å². The number of likely N-dealkylation sites (N-methyl/N-ethyl adjacent to an activating group) is 1. The van der Waals surface area contributed by atoms with Crippen molar-refractivity contribution in [1.82, 2.24) is 20.0 Å². The van der Waals surface area contributed by atoms with Crippen molar-refractivity contribution in [3.05, 3.63) is 18.0 Å². The average Bonchev–Trinajstić information content (AvgIpc) is 2.68. The van der Waals surface area contributed by atoms with Gasteiger partial charge in [-0.2, -0.15) is 5.10 Å². The Morgan fingerprint density at radius 1 is 1.35 bits per heavy atom. The Morgan fingerprint density at radius 3 is 2.82 bits per heavy atom. The van der Waals surface area contributed by atoms with Gasteiger partial charge in [-0.1, -0.05) is 0 Å². The van der Waals surface area contributed by atoms with Crippen LogP contribution >= 0.6 is 0 Å². The Hall–Kier alpha value is -0.910. The van der Waals surface area contributed by atoms with Gasteiger partial charge in [0.25, 0.3) is 0 Å². The Kier molecular flexibility index (Phi) is 6.84. The summed E-state index contributed by atoms with van der Waals surface area (Å²) in [6.07, 6.45) is 4.98. The van der Waals surface area contributed by atoms with Crippen LogP contribution in [0.1, 0.15) is 5.56 Å². The first kappa shape index (κ1) is 14.2. The van der Waals surface area contributed by atoms with E-state index >= 15 is 0 Å². The first-order chi connectivity index (χ1) is 8.18. The number of nitrogens with zero attached hydrogens (tertiary/aromatic N) is 3. The molecular formula is C12H24N4O. The molecule has 98 valence electrons. The summed E-state index contributed by atoms with van der Waals surface area (Å²) >= 11 is 0. The molecule has 1 N–H and O–H groups in total. The van der Waals surface area contributed by atoms with Gasteiger partial charge in [-0.25, -0.2) is 0 Å². The molecule has 1 heterocycles. The van der Waals surface area contributed by atoms with Gasteiger partial charge in [-0.3, -0.25) is 4.68 Å². The van der Waals surface area contributed by atoms with Gasteiger partial charge in [0.2, 0.25) is 0 Å². The van der Waals surface area contributed by atoms with Gasteiger partial charge >= 0.3 is 0 Å². The van der Waals surface area contributed by atoms with Crippen molar-refractivity contribution in [3.63, 3.8) is 0 Å². The maximum Gasteiger partial charge on any atom is 0.0593 e. The van der Waals surface area contributed by atoms with E-state index in [4.69, 9.17) is 4.74 Å². The minimum atomic E-state index is 0.779. The van der Waals surface area contributed by atoms with Crippen molar-refractivity contribution in [3.8, 4) is 0 Å². The third-order valence-electron chi connectivity index (χ3n) is 2.45. The third-order valence-corrected chi connectivity index (χ3v) is 2.45. The van der Waals surface area contributed by atoms with Gasteiger partial charge < -0.3 is 15.0 Å². The topological polar surface area (TPSA) is 42.3 Å². The summed E-state index contributed by atoms with van der Waals surface area (Å²) in [5.74, 6) is 0. The third kappa shape index (κ3) is 7.10. The maximum atomic E-state index is 5.48. The number of hydrogen-bond donors (Lipinski definition) is 1. The zero-order chi connectivity index (χ0) is 12.5. The molecule has 17 heavy (non-hydrogen) atoms. The quantitative estimate of drug-likeness (QED) is 0.623. The fourth-order valence-electron chi connectivity index (χ4n) is 1.45. The van der Waals surface area contributed by atoms with E-state index in [1.807, 2.05) is 17.9 Å². The zero-order valence-electron chi connectivity index (χ0n) is 11.1. The number of aromatic nitrogens is 2. The second-order valence-electron chi connectivity index (χ2n) is 4.44. The predicted octanol–water partition coefficient (Wildman–Crippen LogP) is 0.130. The monoisotopic (exact) mass is 240 g/mol. The Labute approximate surface area is 104 Å². The standard InChI is InChI=1S/C12H24N4O/c1-15(2)7-9-17-8-6-13-5-4-12-10-14-16(3)11-12/h10-11,13H,4-9H2,1-3H3. The van der Waals surface area contributed by atoms with E-state index in [0.717, 1.165) is 39.3 Å². The Morgan fingerprint density at radius 2 is 2.18 bits per heavy atom. The molecule has 0 amide bonds. The van der Waals surface area contributed by atoms with Crippen molar-refractivity contribution in [2.45, 2.75) is 6.42 Å². The van der Waals surface area contributed by atoms with Crippen molar-refractivity contribution in [2.75, 3.05) is 46.9 Å². The molecule has 0 radical (unpaired) electrons. The SMILES string of the molecule is CN(C)CCOCCNCCc1cnn(C)c1. The molecule has 0 fully saturated rings. The molecule has 0 aliphatic rings. The molecule has 0 saturated carbocycles. The molecule has 1 aromatic rings. The van der Waals surface area contributed by atoms with Crippen LogP contribution in [0.2, 0.25) is 0 Å². The molecule has 1 aromatic heterocycles. The number of aryl methyl sites for hydroxylation is 1. The molecule has 0 aromatic carbocycles. The highest BCUT2D eigenvalue weighted by molar-refractivity contribution is 5.03. The number of rotatable bonds is 9. The molecule has 0 unspecified atom stereocenters. The van der Waals surface area contributed by atoms with Gasteiger partial charge in [0, 0.05) is 26.3 Å². The van der Waals surface area contributed by atoms with Crippen LogP contribution in [0.5, 0.6) is 0 Å². The fourth-order valence-corrected chi connectivity index (χ4v) is 1.45. The highest BCUT2D eigenvalue weighted by Crippen LogP contribution is 1.95.